The van der Waals surface area contributed by atoms with Crippen LogP contribution in [0.4, 0.5) is 34.1 Å². The van der Waals surface area contributed by atoms with Crippen molar-refractivity contribution in [1.82, 2.24) is 14.5 Å². The Balaban J connectivity index is 1.12. The van der Waals surface area contributed by atoms with Crippen molar-refractivity contribution in [2.45, 2.75) is 0 Å². The van der Waals surface area contributed by atoms with Crippen LogP contribution in [0.1, 0.15) is 0 Å². The molecular formula is C76H53N5. The normalized spacial score (nSPS) is 11.2. The fourth-order valence-corrected chi connectivity index (χ4v) is 11.6. The smallest absolute Gasteiger partial charge is 0.0701 e. The van der Waals surface area contributed by atoms with Crippen molar-refractivity contribution in [3.05, 3.63) is 322 Å². The Bertz CT molecular complexity index is 4080. The van der Waals surface area contributed by atoms with Crippen LogP contribution >= 0.6 is 0 Å². The highest BCUT2D eigenvalue weighted by molar-refractivity contribution is 6.15. The number of para-hydroxylation sites is 4. The third-order valence-corrected chi connectivity index (χ3v) is 15.3. The molecule has 0 N–H and O–H groups in total. The topological polar surface area (TPSA) is 37.2 Å². The van der Waals surface area contributed by atoms with Crippen LogP contribution in [0.25, 0.3) is 94.5 Å². The Labute approximate surface area is 472 Å². The first-order valence-corrected chi connectivity index (χ1v) is 27.5. The second kappa shape index (κ2) is 21.5. The van der Waals surface area contributed by atoms with E-state index in [0.29, 0.717) is 0 Å². The van der Waals surface area contributed by atoms with Crippen LogP contribution in [0, 0.1) is 0 Å². The molecule has 0 atom stereocenters. The van der Waals surface area contributed by atoms with Crippen molar-refractivity contribution in [1.29, 1.82) is 0 Å². The molecule has 5 nitrogen and oxygen atoms in total. The summed E-state index contributed by atoms with van der Waals surface area (Å²) in [5.41, 5.74) is 22.4. The first-order valence-electron chi connectivity index (χ1n) is 27.5. The van der Waals surface area contributed by atoms with Crippen LogP contribution in [-0.2, 0) is 0 Å². The molecule has 0 unspecified atom stereocenters. The number of benzene rings is 11. The average Bonchev–Trinajstić information content (AvgIpc) is 3.27. The van der Waals surface area contributed by atoms with Gasteiger partial charge in [0.15, 0.2) is 0 Å². The van der Waals surface area contributed by atoms with Crippen LogP contribution in [-0.4, -0.2) is 14.5 Å². The van der Waals surface area contributed by atoms with Gasteiger partial charge in [-0.15, -0.1) is 0 Å². The molecule has 382 valence electrons. The zero-order valence-electron chi connectivity index (χ0n) is 44.3. The summed E-state index contributed by atoms with van der Waals surface area (Å²) in [6, 6.07) is 111. The van der Waals surface area contributed by atoms with Gasteiger partial charge in [-0.25, -0.2) is 0 Å². The van der Waals surface area contributed by atoms with E-state index >= 15 is 0 Å². The molecule has 14 aromatic rings. The van der Waals surface area contributed by atoms with Gasteiger partial charge in [0.25, 0.3) is 0 Å². The van der Waals surface area contributed by atoms with E-state index in [1.807, 2.05) is 36.7 Å². The van der Waals surface area contributed by atoms with E-state index in [1.54, 1.807) is 0 Å². The van der Waals surface area contributed by atoms with Crippen LogP contribution in [0.5, 0.6) is 0 Å². The van der Waals surface area contributed by atoms with E-state index in [-0.39, 0.29) is 0 Å². The number of hydrogen-bond acceptors (Lipinski definition) is 4. The number of aromatic nitrogens is 3. The lowest BCUT2D eigenvalue weighted by molar-refractivity contribution is 1.18. The summed E-state index contributed by atoms with van der Waals surface area (Å²) in [6.07, 6.45) is 3.71. The maximum absolute atomic E-state index is 4.74. The maximum atomic E-state index is 4.74. The van der Waals surface area contributed by atoms with Crippen molar-refractivity contribution in [2.75, 3.05) is 9.80 Å². The molecule has 0 aliphatic rings. The minimum atomic E-state index is 0.932. The number of pyridine rings is 2. The van der Waals surface area contributed by atoms with E-state index in [1.165, 1.54) is 0 Å². The summed E-state index contributed by atoms with van der Waals surface area (Å²) in [5.74, 6) is 0. The molecule has 0 bridgehead atoms. The van der Waals surface area contributed by atoms with Gasteiger partial charge < -0.3 is 14.4 Å². The van der Waals surface area contributed by atoms with Crippen LogP contribution < -0.4 is 9.80 Å². The molecule has 14 rings (SSSR count). The van der Waals surface area contributed by atoms with E-state index in [9.17, 15) is 0 Å². The van der Waals surface area contributed by atoms with E-state index in [0.717, 1.165) is 129 Å². The summed E-state index contributed by atoms with van der Waals surface area (Å²) >= 11 is 0. The Morgan fingerprint density at radius 2 is 0.568 bits per heavy atom. The predicted molar refractivity (Wildman–Crippen MR) is 338 cm³/mol. The summed E-state index contributed by atoms with van der Waals surface area (Å²) in [6.45, 7) is 0. The fraction of sp³-hybridized carbons (Fsp3) is 0. The van der Waals surface area contributed by atoms with Gasteiger partial charge in [-0.2, -0.15) is 0 Å². The van der Waals surface area contributed by atoms with E-state index < -0.39 is 0 Å². The van der Waals surface area contributed by atoms with Gasteiger partial charge in [0.1, 0.15) is 0 Å². The highest BCUT2D eigenvalue weighted by Crippen LogP contribution is 2.52. The highest BCUT2D eigenvalue weighted by atomic mass is 15.1. The van der Waals surface area contributed by atoms with Gasteiger partial charge in [0, 0.05) is 79.5 Å². The van der Waals surface area contributed by atoms with Crippen molar-refractivity contribution >= 4 is 55.9 Å². The Hall–Kier alpha value is -10.9. The van der Waals surface area contributed by atoms with Gasteiger partial charge >= 0.3 is 0 Å². The number of anilines is 6. The quantitative estimate of drug-likeness (QED) is 0.115. The number of fused-ring (bicyclic) bond motifs is 3. The fourth-order valence-electron chi connectivity index (χ4n) is 11.6. The molecule has 81 heavy (non-hydrogen) atoms. The third-order valence-electron chi connectivity index (χ3n) is 15.3. The standard InChI is InChI=1S/C76H53N5/c1-7-23-58(24-8-1)74-66(54-37-41-56(42-38-54)70-35-19-21-49-77-70)53-67(55-39-43-57(44-40-55)71-36-20-22-50-78-71)75(59-25-9-2-10-26-59)76(74)81-72-47-45-64(79(60-27-11-3-12-28-60)61-29-13-4-14-30-61)51-68(72)69-52-65(46-48-73(69)81)80(62-31-15-5-16-32-62)63-33-17-6-18-34-63/h1-53H. The lowest BCUT2D eigenvalue weighted by atomic mass is 9.83. The van der Waals surface area contributed by atoms with Crippen LogP contribution in [0.3, 0.4) is 0 Å². The molecule has 0 saturated heterocycles. The van der Waals surface area contributed by atoms with Gasteiger partial charge in [0.05, 0.1) is 28.1 Å². The lowest BCUT2D eigenvalue weighted by Gasteiger charge is -2.27. The summed E-state index contributed by atoms with van der Waals surface area (Å²) < 4.78 is 2.56. The molecule has 0 saturated carbocycles. The minimum absolute atomic E-state index is 0.932. The summed E-state index contributed by atoms with van der Waals surface area (Å²) in [4.78, 5) is 14.2. The van der Waals surface area contributed by atoms with Crippen LogP contribution in [0.2, 0.25) is 0 Å². The maximum Gasteiger partial charge on any atom is 0.0701 e. The Morgan fingerprint density at radius 1 is 0.247 bits per heavy atom. The second-order valence-electron chi connectivity index (χ2n) is 20.1. The van der Waals surface area contributed by atoms with Crippen LogP contribution in [0.15, 0.2) is 322 Å². The lowest BCUT2D eigenvalue weighted by Crippen LogP contribution is -2.09. The van der Waals surface area contributed by atoms with Crippen molar-refractivity contribution in [3.8, 4) is 72.7 Å². The molecule has 3 aromatic heterocycles. The largest absolute Gasteiger partial charge is 0.310 e. The highest BCUT2D eigenvalue weighted by Gasteiger charge is 2.28. The molecule has 0 aliphatic carbocycles. The second-order valence-corrected chi connectivity index (χ2v) is 20.1. The first kappa shape index (κ1) is 48.5. The molecule has 11 aromatic carbocycles. The van der Waals surface area contributed by atoms with Gasteiger partial charge in [0.2, 0.25) is 0 Å². The van der Waals surface area contributed by atoms with E-state index in [2.05, 4.69) is 299 Å². The molecule has 0 amide bonds. The van der Waals surface area contributed by atoms with Gasteiger partial charge in [-0.05, 0) is 149 Å². The predicted octanol–water partition coefficient (Wildman–Crippen LogP) is 20.5. The minimum Gasteiger partial charge on any atom is -0.310 e. The molecule has 5 heteroatoms. The average molecular weight is 1040 g/mol. The molecule has 0 spiro atoms. The zero-order valence-corrected chi connectivity index (χ0v) is 44.3. The molecule has 0 radical (unpaired) electrons. The number of rotatable bonds is 13. The number of nitrogens with zero attached hydrogens (tertiary/aromatic N) is 5. The molecule has 0 fully saturated rings. The molecular weight excluding hydrogens is 983 g/mol. The van der Waals surface area contributed by atoms with Crippen molar-refractivity contribution < 1.29 is 0 Å². The number of hydrogen-bond donors (Lipinski definition) is 0. The first-order chi connectivity index (χ1) is 40.2. The van der Waals surface area contributed by atoms with Crippen molar-refractivity contribution in [3.63, 3.8) is 0 Å². The summed E-state index contributed by atoms with van der Waals surface area (Å²) in [7, 11) is 0. The SMILES string of the molecule is c1ccc(-c2c(-c3ccc(-c4ccccn4)cc3)cc(-c3ccc(-c4ccccn4)cc3)c(-c3ccccc3)c2-n2c3ccc(N(c4ccccc4)c4ccccc4)cc3c3cc(N(c4ccccc4)c4ccccc4)ccc32)cc1. The summed E-state index contributed by atoms with van der Waals surface area (Å²) in [5, 5.41) is 2.23. The Morgan fingerprint density at radius 3 is 0.901 bits per heavy atom. The van der Waals surface area contributed by atoms with Gasteiger partial charge in [-0.3, -0.25) is 9.97 Å². The van der Waals surface area contributed by atoms with E-state index in [4.69, 9.17) is 9.97 Å². The molecule has 0 aliphatic heterocycles. The Kier molecular flexibility index (Phi) is 12.9. The third kappa shape index (κ3) is 9.29. The molecule has 3 heterocycles. The monoisotopic (exact) mass is 1040 g/mol. The zero-order chi connectivity index (χ0) is 53.9. The van der Waals surface area contributed by atoms with Crippen molar-refractivity contribution in [2.24, 2.45) is 0 Å². The van der Waals surface area contributed by atoms with Gasteiger partial charge in [-0.1, -0.05) is 194 Å².